The Morgan fingerprint density at radius 1 is 0.667 bits per heavy atom. The van der Waals surface area contributed by atoms with Crippen LogP contribution in [-0.4, -0.2) is 23.9 Å². The van der Waals surface area contributed by atoms with E-state index in [-0.39, 0.29) is 12.2 Å². The molecular formula is C22H44O2. The molecule has 2 heteroatoms. The standard InChI is InChI=1S/C22H44O2/c1-2-3-4-5-6-7-8-9-10-11-12-13-14-15-16-17-18-19-21(23)22-20-24-22/h21-23H,2-20H2,1H3. The Balaban J connectivity index is 1.63. The van der Waals surface area contributed by atoms with Crippen LogP contribution in [0.25, 0.3) is 0 Å². The third-order valence-corrected chi connectivity index (χ3v) is 5.39. The molecule has 0 aromatic carbocycles. The summed E-state index contributed by atoms with van der Waals surface area (Å²) in [5.41, 5.74) is 0. The van der Waals surface area contributed by atoms with Crippen LogP contribution in [0.4, 0.5) is 0 Å². The van der Waals surface area contributed by atoms with Gasteiger partial charge < -0.3 is 9.84 Å². The number of hydrogen-bond donors (Lipinski definition) is 1. The van der Waals surface area contributed by atoms with Gasteiger partial charge in [0.25, 0.3) is 0 Å². The molecular weight excluding hydrogens is 296 g/mol. The molecule has 24 heavy (non-hydrogen) atoms. The number of ether oxygens (including phenoxy) is 1. The first-order chi connectivity index (χ1) is 11.8. The zero-order valence-corrected chi connectivity index (χ0v) is 16.4. The van der Waals surface area contributed by atoms with Crippen LogP contribution >= 0.6 is 0 Å². The molecule has 0 radical (unpaired) electrons. The average Bonchev–Trinajstić information content (AvgIpc) is 3.42. The molecule has 1 fully saturated rings. The van der Waals surface area contributed by atoms with Gasteiger partial charge in [0.15, 0.2) is 0 Å². The van der Waals surface area contributed by atoms with Crippen molar-refractivity contribution in [1.29, 1.82) is 0 Å². The van der Waals surface area contributed by atoms with Crippen molar-refractivity contribution in [1.82, 2.24) is 0 Å². The van der Waals surface area contributed by atoms with Crippen molar-refractivity contribution in [2.24, 2.45) is 0 Å². The van der Waals surface area contributed by atoms with Gasteiger partial charge in [-0.2, -0.15) is 0 Å². The lowest BCUT2D eigenvalue weighted by Crippen LogP contribution is -2.13. The van der Waals surface area contributed by atoms with E-state index in [1.165, 1.54) is 109 Å². The maximum absolute atomic E-state index is 9.69. The number of epoxide rings is 1. The highest BCUT2D eigenvalue weighted by Gasteiger charge is 2.30. The van der Waals surface area contributed by atoms with Crippen molar-refractivity contribution in [2.45, 2.75) is 135 Å². The fourth-order valence-electron chi connectivity index (χ4n) is 3.54. The largest absolute Gasteiger partial charge is 0.390 e. The van der Waals surface area contributed by atoms with Crippen LogP contribution in [0, 0.1) is 0 Å². The van der Waals surface area contributed by atoms with Crippen LogP contribution in [0.2, 0.25) is 0 Å². The molecule has 0 aromatic heterocycles. The van der Waals surface area contributed by atoms with E-state index < -0.39 is 0 Å². The normalized spacial score (nSPS) is 18.0. The van der Waals surface area contributed by atoms with Gasteiger partial charge in [-0.15, -0.1) is 0 Å². The number of rotatable bonds is 19. The van der Waals surface area contributed by atoms with Crippen LogP contribution in [-0.2, 0) is 4.74 Å². The Morgan fingerprint density at radius 2 is 1.00 bits per heavy atom. The fraction of sp³-hybridized carbons (Fsp3) is 1.00. The van der Waals surface area contributed by atoms with Crippen molar-refractivity contribution in [3.8, 4) is 0 Å². The number of unbranched alkanes of at least 4 members (excludes halogenated alkanes) is 16. The van der Waals surface area contributed by atoms with Gasteiger partial charge in [-0.1, -0.05) is 116 Å². The molecule has 2 unspecified atom stereocenters. The summed E-state index contributed by atoms with van der Waals surface area (Å²) in [5, 5.41) is 9.69. The van der Waals surface area contributed by atoms with Crippen LogP contribution in [0.1, 0.15) is 122 Å². The second-order valence-electron chi connectivity index (χ2n) is 7.88. The van der Waals surface area contributed by atoms with E-state index in [4.69, 9.17) is 4.74 Å². The van der Waals surface area contributed by atoms with Gasteiger partial charge in [0.2, 0.25) is 0 Å². The Hall–Kier alpha value is -0.0800. The Morgan fingerprint density at radius 3 is 1.33 bits per heavy atom. The lowest BCUT2D eigenvalue weighted by molar-refractivity contribution is 0.123. The molecule has 2 nitrogen and oxygen atoms in total. The van der Waals surface area contributed by atoms with Gasteiger partial charge in [-0.25, -0.2) is 0 Å². The molecule has 0 saturated carbocycles. The van der Waals surface area contributed by atoms with Crippen LogP contribution in [0.5, 0.6) is 0 Å². The molecule has 0 aliphatic carbocycles. The summed E-state index contributed by atoms with van der Waals surface area (Å²) in [7, 11) is 0. The third-order valence-electron chi connectivity index (χ3n) is 5.39. The summed E-state index contributed by atoms with van der Waals surface area (Å²) < 4.78 is 5.10. The second kappa shape index (κ2) is 16.4. The Kier molecular flexibility index (Phi) is 15.0. The predicted molar refractivity (Wildman–Crippen MR) is 105 cm³/mol. The molecule has 1 saturated heterocycles. The first kappa shape index (κ1) is 22.0. The summed E-state index contributed by atoms with van der Waals surface area (Å²) in [6, 6.07) is 0. The lowest BCUT2D eigenvalue weighted by Gasteiger charge is -2.06. The minimum Gasteiger partial charge on any atom is -0.390 e. The predicted octanol–water partition coefficient (Wildman–Crippen LogP) is 6.79. The van der Waals surface area contributed by atoms with E-state index in [9.17, 15) is 5.11 Å². The van der Waals surface area contributed by atoms with E-state index >= 15 is 0 Å². The van der Waals surface area contributed by atoms with Gasteiger partial charge in [0.1, 0.15) is 6.10 Å². The van der Waals surface area contributed by atoms with Crippen LogP contribution < -0.4 is 0 Å². The summed E-state index contributed by atoms with van der Waals surface area (Å²) >= 11 is 0. The van der Waals surface area contributed by atoms with E-state index in [1.807, 2.05) is 0 Å². The fourth-order valence-corrected chi connectivity index (χ4v) is 3.54. The van der Waals surface area contributed by atoms with Gasteiger partial charge in [0, 0.05) is 0 Å². The van der Waals surface area contributed by atoms with Crippen molar-refractivity contribution in [2.75, 3.05) is 6.61 Å². The molecule has 1 aliphatic rings. The highest BCUT2D eigenvalue weighted by atomic mass is 16.6. The minimum absolute atomic E-state index is 0.172. The van der Waals surface area contributed by atoms with Crippen molar-refractivity contribution >= 4 is 0 Å². The lowest BCUT2D eigenvalue weighted by atomic mass is 10.0. The summed E-state index contributed by atoms with van der Waals surface area (Å²) in [4.78, 5) is 0. The van der Waals surface area contributed by atoms with Crippen molar-refractivity contribution in [3.05, 3.63) is 0 Å². The molecule has 1 rings (SSSR count). The summed E-state index contributed by atoms with van der Waals surface area (Å²) in [5.74, 6) is 0. The number of aliphatic hydroxyl groups is 1. The average molecular weight is 341 g/mol. The molecule has 2 atom stereocenters. The SMILES string of the molecule is CCCCCCCCCCCCCCCCCCCC(O)C1CO1. The maximum Gasteiger partial charge on any atom is 0.107 e. The van der Waals surface area contributed by atoms with E-state index in [1.54, 1.807) is 0 Å². The topological polar surface area (TPSA) is 32.8 Å². The summed E-state index contributed by atoms with van der Waals surface area (Å²) in [6.07, 6.45) is 24.8. The minimum atomic E-state index is -0.193. The molecule has 144 valence electrons. The maximum atomic E-state index is 9.69. The summed E-state index contributed by atoms with van der Waals surface area (Å²) in [6.45, 7) is 3.07. The van der Waals surface area contributed by atoms with E-state index in [0.29, 0.717) is 0 Å². The Labute approximate surface area is 151 Å². The molecule has 0 bridgehead atoms. The van der Waals surface area contributed by atoms with Crippen LogP contribution in [0.3, 0.4) is 0 Å². The molecule has 0 aromatic rings. The molecule has 1 heterocycles. The number of hydrogen-bond acceptors (Lipinski definition) is 2. The van der Waals surface area contributed by atoms with Crippen molar-refractivity contribution in [3.63, 3.8) is 0 Å². The van der Waals surface area contributed by atoms with Gasteiger partial charge in [-0.05, 0) is 6.42 Å². The first-order valence-corrected chi connectivity index (χ1v) is 11.1. The molecule has 1 aliphatic heterocycles. The smallest absolute Gasteiger partial charge is 0.107 e. The second-order valence-corrected chi connectivity index (χ2v) is 7.88. The first-order valence-electron chi connectivity index (χ1n) is 11.1. The molecule has 0 spiro atoms. The highest BCUT2D eigenvalue weighted by Crippen LogP contribution is 2.19. The third kappa shape index (κ3) is 14.3. The van der Waals surface area contributed by atoms with Gasteiger partial charge in [-0.3, -0.25) is 0 Å². The number of aliphatic hydroxyl groups excluding tert-OH is 1. The highest BCUT2D eigenvalue weighted by molar-refractivity contribution is 4.77. The zero-order valence-electron chi connectivity index (χ0n) is 16.4. The zero-order chi connectivity index (χ0) is 17.3. The van der Waals surface area contributed by atoms with Gasteiger partial charge >= 0.3 is 0 Å². The quantitative estimate of drug-likeness (QED) is 0.207. The van der Waals surface area contributed by atoms with E-state index in [2.05, 4.69) is 6.92 Å². The van der Waals surface area contributed by atoms with Crippen molar-refractivity contribution < 1.29 is 9.84 Å². The Bertz CT molecular complexity index is 250. The van der Waals surface area contributed by atoms with E-state index in [0.717, 1.165) is 13.0 Å². The monoisotopic (exact) mass is 340 g/mol. The molecule has 0 amide bonds. The van der Waals surface area contributed by atoms with Gasteiger partial charge in [0.05, 0.1) is 12.7 Å². The molecule has 1 N–H and O–H groups in total. The van der Waals surface area contributed by atoms with Crippen LogP contribution in [0.15, 0.2) is 0 Å².